The molecule has 1 aliphatic rings. The van der Waals surface area contributed by atoms with Gasteiger partial charge in [-0.1, -0.05) is 5.92 Å². The van der Waals surface area contributed by atoms with Gasteiger partial charge < -0.3 is 10.1 Å². The van der Waals surface area contributed by atoms with Gasteiger partial charge in [-0.3, -0.25) is 20.0 Å². The molecule has 3 aromatic rings. The molecule has 0 saturated heterocycles. The van der Waals surface area contributed by atoms with Crippen LogP contribution in [0.3, 0.4) is 0 Å². The van der Waals surface area contributed by atoms with Crippen molar-refractivity contribution in [1.82, 2.24) is 25.1 Å². The van der Waals surface area contributed by atoms with Crippen LogP contribution in [-0.4, -0.2) is 45.0 Å². The van der Waals surface area contributed by atoms with Crippen LogP contribution in [0.25, 0.3) is 11.0 Å². The van der Waals surface area contributed by atoms with Crippen molar-refractivity contribution < 1.29 is 9.53 Å². The van der Waals surface area contributed by atoms with Gasteiger partial charge in [0.25, 0.3) is 0 Å². The van der Waals surface area contributed by atoms with E-state index >= 15 is 0 Å². The van der Waals surface area contributed by atoms with Crippen LogP contribution >= 0.6 is 0 Å². The predicted molar refractivity (Wildman–Crippen MR) is 114 cm³/mol. The number of urea groups is 1. The summed E-state index contributed by atoms with van der Waals surface area (Å²) in [6.45, 7) is 3.18. The SMILES string of the molecule is C[C@@H](CNC(=O)Nc1cc(C#Cc2ccc3nccnc3c2)n(C)n1)OCC1CC1. The highest BCUT2D eigenvalue weighted by molar-refractivity contribution is 5.88. The number of amides is 2. The van der Waals surface area contributed by atoms with Gasteiger partial charge in [0.1, 0.15) is 5.69 Å². The fourth-order valence-electron chi connectivity index (χ4n) is 2.86. The van der Waals surface area contributed by atoms with Crippen LogP contribution < -0.4 is 10.6 Å². The molecule has 8 heteroatoms. The molecule has 1 fully saturated rings. The maximum atomic E-state index is 12.1. The molecule has 2 heterocycles. The van der Waals surface area contributed by atoms with Gasteiger partial charge in [0.05, 0.1) is 17.1 Å². The van der Waals surface area contributed by atoms with Crippen molar-refractivity contribution in [3.05, 3.63) is 47.9 Å². The molecule has 154 valence electrons. The monoisotopic (exact) mass is 404 g/mol. The van der Waals surface area contributed by atoms with Gasteiger partial charge in [-0.25, -0.2) is 4.79 Å². The van der Waals surface area contributed by atoms with Gasteiger partial charge in [-0.15, -0.1) is 0 Å². The largest absolute Gasteiger partial charge is 0.376 e. The average molecular weight is 404 g/mol. The van der Waals surface area contributed by atoms with Gasteiger partial charge in [-0.2, -0.15) is 5.10 Å². The molecule has 1 aliphatic carbocycles. The molecule has 0 bridgehead atoms. The molecule has 1 saturated carbocycles. The first-order valence-electron chi connectivity index (χ1n) is 10.00. The highest BCUT2D eigenvalue weighted by Gasteiger charge is 2.22. The van der Waals surface area contributed by atoms with Crippen molar-refractivity contribution in [3.63, 3.8) is 0 Å². The number of benzene rings is 1. The average Bonchev–Trinajstić information content (AvgIpc) is 3.51. The molecule has 2 N–H and O–H groups in total. The Morgan fingerprint density at radius 2 is 2.03 bits per heavy atom. The fourth-order valence-corrected chi connectivity index (χ4v) is 2.86. The summed E-state index contributed by atoms with van der Waals surface area (Å²) in [6, 6.07) is 7.11. The number of anilines is 1. The predicted octanol–water partition coefficient (Wildman–Crippen LogP) is 2.70. The van der Waals surface area contributed by atoms with Crippen LogP contribution in [0.4, 0.5) is 10.6 Å². The van der Waals surface area contributed by atoms with Gasteiger partial charge in [-0.05, 0) is 49.8 Å². The van der Waals surface area contributed by atoms with E-state index in [2.05, 4.69) is 37.5 Å². The first kappa shape index (κ1) is 19.9. The number of carbonyl (C=O) groups is 1. The number of nitrogens with one attached hydrogen (secondary N) is 2. The van der Waals surface area contributed by atoms with Crippen molar-refractivity contribution in [2.75, 3.05) is 18.5 Å². The molecule has 0 aliphatic heterocycles. The number of rotatable bonds is 6. The lowest BCUT2D eigenvalue weighted by Gasteiger charge is -2.13. The number of hydrogen-bond donors (Lipinski definition) is 2. The lowest BCUT2D eigenvalue weighted by atomic mass is 10.2. The van der Waals surface area contributed by atoms with Crippen LogP contribution in [-0.2, 0) is 11.8 Å². The first-order valence-corrected chi connectivity index (χ1v) is 10.00. The van der Waals surface area contributed by atoms with E-state index in [1.54, 1.807) is 30.2 Å². The highest BCUT2D eigenvalue weighted by Crippen LogP contribution is 2.29. The Kier molecular flexibility index (Phi) is 5.91. The second-order valence-electron chi connectivity index (χ2n) is 7.47. The lowest BCUT2D eigenvalue weighted by molar-refractivity contribution is 0.0601. The van der Waals surface area contributed by atoms with E-state index in [9.17, 15) is 4.79 Å². The molecule has 4 rings (SSSR count). The van der Waals surface area contributed by atoms with Gasteiger partial charge in [0.2, 0.25) is 0 Å². The van der Waals surface area contributed by atoms with Gasteiger partial charge in [0, 0.05) is 44.2 Å². The maximum Gasteiger partial charge on any atom is 0.320 e. The molecule has 2 aromatic heterocycles. The molecular weight excluding hydrogens is 380 g/mol. The Morgan fingerprint density at radius 3 is 2.83 bits per heavy atom. The topological polar surface area (TPSA) is 94.0 Å². The van der Waals surface area contributed by atoms with Crippen LogP contribution in [0, 0.1) is 17.8 Å². The van der Waals surface area contributed by atoms with Crippen LogP contribution in [0.15, 0.2) is 36.7 Å². The summed E-state index contributed by atoms with van der Waals surface area (Å²) in [5, 5.41) is 9.84. The van der Waals surface area contributed by atoms with E-state index < -0.39 is 0 Å². The van der Waals surface area contributed by atoms with Crippen molar-refractivity contribution in [3.8, 4) is 11.8 Å². The number of ether oxygens (including phenoxy) is 1. The number of nitrogens with zero attached hydrogens (tertiary/aromatic N) is 4. The molecule has 8 nitrogen and oxygen atoms in total. The minimum atomic E-state index is -0.317. The molecular formula is C22H24N6O2. The van der Waals surface area contributed by atoms with E-state index in [0.717, 1.165) is 23.2 Å². The standard InChI is InChI=1S/C22H24N6O2/c1-15(30-14-17-3-4-17)13-25-22(29)26-21-12-18(28(2)27-21)7-5-16-6-8-19-20(11-16)24-10-9-23-19/h6,8-12,15,17H,3-4,13-14H2,1-2H3,(H2,25,26,27,29)/t15-/m0/s1. The van der Waals surface area contributed by atoms with Gasteiger partial charge in [0.15, 0.2) is 5.82 Å². The quantitative estimate of drug-likeness (QED) is 0.616. The third kappa shape index (κ3) is 5.33. The Bertz CT molecular complexity index is 1110. The summed E-state index contributed by atoms with van der Waals surface area (Å²) < 4.78 is 7.33. The fraction of sp³-hybridized carbons (Fsp3) is 0.364. The van der Waals surface area contributed by atoms with Crippen LogP contribution in [0.5, 0.6) is 0 Å². The van der Waals surface area contributed by atoms with E-state index in [0.29, 0.717) is 24.0 Å². The summed E-state index contributed by atoms with van der Waals surface area (Å²) in [6.07, 6.45) is 5.80. The molecule has 0 unspecified atom stereocenters. The minimum Gasteiger partial charge on any atom is -0.376 e. The van der Waals surface area contributed by atoms with Crippen molar-refractivity contribution in [1.29, 1.82) is 0 Å². The van der Waals surface area contributed by atoms with Crippen LogP contribution in [0.2, 0.25) is 0 Å². The lowest BCUT2D eigenvalue weighted by Crippen LogP contribution is -2.35. The van der Waals surface area contributed by atoms with E-state index in [1.807, 2.05) is 25.1 Å². The minimum absolute atomic E-state index is 0.0202. The number of carbonyl (C=O) groups excluding carboxylic acids is 1. The summed E-state index contributed by atoms with van der Waals surface area (Å²) >= 11 is 0. The Morgan fingerprint density at radius 1 is 1.23 bits per heavy atom. The molecule has 30 heavy (non-hydrogen) atoms. The smallest absolute Gasteiger partial charge is 0.320 e. The third-order valence-corrected chi connectivity index (χ3v) is 4.79. The maximum absolute atomic E-state index is 12.1. The second-order valence-corrected chi connectivity index (χ2v) is 7.47. The third-order valence-electron chi connectivity index (χ3n) is 4.79. The number of fused-ring (bicyclic) bond motifs is 1. The zero-order chi connectivity index (χ0) is 20.9. The van der Waals surface area contributed by atoms with Crippen molar-refractivity contribution in [2.45, 2.75) is 25.9 Å². The summed E-state index contributed by atoms with van der Waals surface area (Å²) in [7, 11) is 1.78. The van der Waals surface area contributed by atoms with Crippen molar-refractivity contribution in [2.24, 2.45) is 13.0 Å². The Hall–Kier alpha value is -3.44. The van der Waals surface area contributed by atoms with E-state index in [1.165, 1.54) is 12.8 Å². The van der Waals surface area contributed by atoms with E-state index in [-0.39, 0.29) is 12.1 Å². The number of hydrogen-bond acceptors (Lipinski definition) is 5. The number of aryl methyl sites for hydroxylation is 1. The summed E-state index contributed by atoms with van der Waals surface area (Å²) in [4.78, 5) is 20.7. The molecule has 2 amide bonds. The van der Waals surface area contributed by atoms with E-state index in [4.69, 9.17) is 4.74 Å². The molecule has 1 atom stereocenters. The molecule has 0 radical (unpaired) electrons. The summed E-state index contributed by atoms with van der Waals surface area (Å²) in [5.74, 6) is 7.33. The zero-order valence-electron chi connectivity index (χ0n) is 17.1. The first-order chi connectivity index (χ1) is 14.6. The van der Waals surface area contributed by atoms with Gasteiger partial charge >= 0.3 is 6.03 Å². The Balaban J connectivity index is 1.33. The zero-order valence-corrected chi connectivity index (χ0v) is 17.1. The number of aromatic nitrogens is 4. The van der Waals surface area contributed by atoms with Crippen LogP contribution in [0.1, 0.15) is 31.0 Å². The molecule has 0 spiro atoms. The normalized spacial score (nSPS) is 14.1. The Labute approximate surface area is 175 Å². The van der Waals surface area contributed by atoms with Crippen molar-refractivity contribution >= 4 is 22.9 Å². The second kappa shape index (κ2) is 8.93. The molecule has 1 aromatic carbocycles. The highest BCUT2D eigenvalue weighted by atomic mass is 16.5. The summed E-state index contributed by atoms with van der Waals surface area (Å²) in [5.41, 5.74) is 3.14.